The van der Waals surface area contributed by atoms with Crippen LogP contribution in [0.5, 0.6) is 5.75 Å². The number of fused-ring (bicyclic) bond motifs is 1. The number of halogens is 1. The molecule has 0 bridgehead atoms. The van der Waals surface area contributed by atoms with Gasteiger partial charge in [0.2, 0.25) is 0 Å². The molecular weight excluding hydrogens is 340 g/mol. The Morgan fingerprint density at radius 2 is 2.09 bits per heavy atom. The van der Waals surface area contributed by atoms with Gasteiger partial charge in [-0.15, -0.1) is 0 Å². The molecule has 22 heavy (non-hydrogen) atoms. The fourth-order valence-electron chi connectivity index (χ4n) is 4.33. The van der Waals surface area contributed by atoms with Crippen LogP contribution in [0.3, 0.4) is 0 Å². The minimum atomic E-state index is 0.792. The number of ether oxygens (including phenoxy) is 1. The number of nitrogens with zero attached hydrogens (tertiary/aromatic N) is 1. The number of rotatable bonds is 3. The molecule has 2 saturated heterocycles. The van der Waals surface area contributed by atoms with E-state index in [1.165, 1.54) is 60.9 Å². The van der Waals surface area contributed by atoms with Crippen LogP contribution in [-0.2, 0) is 13.0 Å². The van der Waals surface area contributed by atoms with Crippen LogP contribution in [0, 0.1) is 5.92 Å². The summed E-state index contributed by atoms with van der Waals surface area (Å²) in [6, 6.07) is 5.25. The predicted molar refractivity (Wildman–Crippen MR) is 92.4 cm³/mol. The lowest BCUT2D eigenvalue weighted by Crippen LogP contribution is -2.40. The molecule has 2 fully saturated rings. The maximum Gasteiger partial charge on any atom is 0.127 e. The quantitative estimate of drug-likeness (QED) is 0.889. The third-order valence-electron chi connectivity index (χ3n) is 5.52. The first-order valence-electron chi connectivity index (χ1n) is 8.69. The van der Waals surface area contributed by atoms with Crippen LogP contribution in [0.4, 0.5) is 0 Å². The Bertz CT molecular complexity index is 534. The summed E-state index contributed by atoms with van der Waals surface area (Å²) in [5, 5.41) is 3.69. The number of hydrogen-bond acceptors (Lipinski definition) is 3. The minimum absolute atomic E-state index is 0.792. The van der Waals surface area contributed by atoms with Gasteiger partial charge in [0, 0.05) is 29.0 Å². The molecule has 0 aromatic heterocycles. The molecule has 1 N–H and O–H groups in total. The first-order chi connectivity index (χ1) is 10.8. The molecule has 1 aromatic carbocycles. The molecule has 0 aliphatic carbocycles. The molecule has 1 unspecified atom stereocenters. The zero-order valence-corrected chi connectivity index (χ0v) is 14.7. The third-order valence-corrected chi connectivity index (χ3v) is 5.98. The van der Waals surface area contributed by atoms with E-state index in [0.717, 1.165) is 37.3 Å². The van der Waals surface area contributed by atoms with Gasteiger partial charge in [0.1, 0.15) is 5.75 Å². The largest absolute Gasteiger partial charge is 0.493 e. The summed E-state index contributed by atoms with van der Waals surface area (Å²) in [6.07, 6.45) is 6.49. The number of likely N-dealkylation sites (tertiary alicyclic amines) is 1. The van der Waals surface area contributed by atoms with Gasteiger partial charge >= 0.3 is 0 Å². The van der Waals surface area contributed by atoms with Crippen molar-refractivity contribution in [2.24, 2.45) is 5.92 Å². The van der Waals surface area contributed by atoms with Crippen molar-refractivity contribution in [3.63, 3.8) is 0 Å². The van der Waals surface area contributed by atoms with E-state index in [4.69, 9.17) is 4.74 Å². The van der Waals surface area contributed by atoms with Crippen LogP contribution in [0.2, 0.25) is 0 Å². The van der Waals surface area contributed by atoms with Crippen LogP contribution in [0.1, 0.15) is 36.8 Å². The van der Waals surface area contributed by atoms with E-state index < -0.39 is 0 Å². The second-order valence-corrected chi connectivity index (χ2v) is 7.88. The summed E-state index contributed by atoms with van der Waals surface area (Å²) in [4.78, 5) is 2.61. The van der Waals surface area contributed by atoms with Gasteiger partial charge < -0.3 is 10.1 Å². The molecule has 4 rings (SSSR count). The van der Waals surface area contributed by atoms with Crippen LogP contribution in [0.25, 0.3) is 0 Å². The second-order valence-electron chi connectivity index (χ2n) is 6.97. The summed E-state index contributed by atoms with van der Waals surface area (Å²) in [5.41, 5.74) is 2.73. The van der Waals surface area contributed by atoms with Crippen molar-refractivity contribution in [2.75, 3.05) is 26.2 Å². The van der Waals surface area contributed by atoms with Crippen molar-refractivity contribution in [1.29, 1.82) is 0 Å². The minimum Gasteiger partial charge on any atom is -0.493 e. The van der Waals surface area contributed by atoms with Gasteiger partial charge in [-0.3, -0.25) is 4.90 Å². The maximum atomic E-state index is 5.87. The predicted octanol–water partition coefficient (Wildman–Crippen LogP) is 3.35. The monoisotopic (exact) mass is 364 g/mol. The summed E-state index contributed by atoms with van der Waals surface area (Å²) >= 11 is 3.65. The highest BCUT2D eigenvalue weighted by molar-refractivity contribution is 9.10. The fraction of sp³-hybridized carbons (Fsp3) is 0.667. The molecule has 0 radical (unpaired) electrons. The topological polar surface area (TPSA) is 24.5 Å². The third kappa shape index (κ3) is 3.06. The van der Waals surface area contributed by atoms with E-state index in [0.29, 0.717) is 0 Å². The lowest BCUT2D eigenvalue weighted by molar-refractivity contribution is 0.156. The number of hydrogen-bond donors (Lipinski definition) is 1. The standard InChI is InChI=1S/C18H25BrN2O/c19-16-10-14-5-9-22-18(14)15(11-16)12-21-7-3-13(4-8-21)17-2-1-6-20-17/h10-11,13,17,20H,1-9,12H2. The summed E-state index contributed by atoms with van der Waals surface area (Å²) in [7, 11) is 0. The molecule has 0 spiro atoms. The van der Waals surface area contributed by atoms with E-state index in [9.17, 15) is 0 Å². The zero-order chi connectivity index (χ0) is 14.9. The lowest BCUT2D eigenvalue weighted by Gasteiger charge is -2.35. The molecule has 3 heterocycles. The molecule has 0 amide bonds. The molecule has 1 aromatic rings. The Balaban J connectivity index is 1.39. The zero-order valence-electron chi connectivity index (χ0n) is 13.1. The van der Waals surface area contributed by atoms with Gasteiger partial charge in [0.25, 0.3) is 0 Å². The van der Waals surface area contributed by atoms with Gasteiger partial charge in [0.05, 0.1) is 6.61 Å². The van der Waals surface area contributed by atoms with Crippen molar-refractivity contribution >= 4 is 15.9 Å². The van der Waals surface area contributed by atoms with Crippen molar-refractivity contribution < 1.29 is 4.74 Å². The average Bonchev–Trinajstić information content (AvgIpc) is 3.18. The number of benzene rings is 1. The van der Waals surface area contributed by atoms with Gasteiger partial charge in [-0.05, 0) is 68.9 Å². The summed E-state index contributed by atoms with van der Waals surface area (Å²) in [5.74, 6) is 2.05. The first-order valence-corrected chi connectivity index (χ1v) is 9.49. The van der Waals surface area contributed by atoms with Crippen molar-refractivity contribution in [3.8, 4) is 5.75 Å². The van der Waals surface area contributed by atoms with Gasteiger partial charge in [-0.1, -0.05) is 15.9 Å². The van der Waals surface area contributed by atoms with Crippen LogP contribution < -0.4 is 10.1 Å². The highest BCUT2D eigenvalue weighted by Crippen LogP contribution is 2.34. The van der Waals surface area contributed by atoms with Crippen LogP contribution >= 0.6 is 15.9 Å². The van der Waals surface area contributed by atoms with E-state index in [1.54, 1.807) is 0 Å². The normalized spacial score (nSPS) is 26.1. The van der Waals surface area contributed by atoms with E-state index in [2.05, 4.69) is 38.3 Å². The molecule has 3 aliphatic rings. The van der Waals surface area contributed by atoms with Gasteiger partial charge in [-0.25, -0.2) is 0 Å². The molecule has 3 nitrogen and oxygen atoms in total. The Hall–Kier alpha value is -0.580. The van der Waals surface area contributed by atoms with E-state index >= 15 is 0 Å². The molecular formula is C18H25BrN2O. The van der Waals surface area contributed by atoms with Crippen LogP contribution in [-0.4, -0.2) is 37.2 Å². The van der Waals surface area contributed by atoms with Crippen molar-refractivity contribution in [2.45, 2.75) is 44.7 Å². The van der Waals surface area contributed by atoms with Gasteiger partial charge in [-0.2, -0.15) is 0 Å². The second kappa shape index (κ2) is 6.50. The average molecular weight is 365 g/mol. The maximum absolute atomic E-state index is 5.87. The molecule has 0 saturated carbocycles. The number of nitrogens with one attached hydrogen (secondary N) is 1. The molecule has 3 aliphatic heterocycles. The fourth-order valence-corrected chi connectivity index (χ4v) is 4.88. The molecule has 1 atom stereocenters. The van der Waals surface area contributed by atoms with Crippen molar-refractivity contribution in [1.82, 2.24) is 10.2 Å². The summed E-state index contributed by atoms with van der Waals surface area (Å²) < 4.78 is 7.06. The smallest absolute Gasteiger partial charge is 0.127 e. The highest BCUT2D eigenvalue weighted by Gasteiger charge is 2.29. The van der Waals surface area contributed by atoms with Gasteiger partial charge in [0.15, 0.2) is 0 Å². The Morgan fingerprint density at radius 1 is 1.23 bits per heavy atom. The first kappa shape index (κ1) is 15.0. The molecule has 4 heteroatoms. The SMILES string of the molecule is Brc1cc2c(c(CN3CCC(C4CCCN4)CC3)c1)OCC2. The van der Waals surface area contributed by atoms with Crippen LogP contribution in [0.15, 0.2) is 16.6 Å². The molecule has 120 valence electrons. The number of piperidine rings is 1. The van der Waals surface area contributed by atoms with E-state index in [-0.39, 0.29) is 0 Å². The highest BCUT2D eigenvalue weighted by atomic mass is 79.9. The summed E-state index contributed by atoms with van der Waals surface area (Å²) in [6.45, 7) is 5.56. The van der Waals surface area contributed by atoms with Crippen molar-refractivity contribution in [3.05, 3.63) is 27.7 Å². The Morgan fingerprint density at radius 3 is 2.86 bits per heavy atom. The lowest BCUT2D eigenvalue weighted by atomic mass is 9.88. The Labute approximate surface area is 141 Å². The Kier molecular flexibility index (Phi) is 4.43. The van der Waals surface area contributed by atoms with E-state index in [1.807, 2.05) is 0 Å².